The number of imide groups is 2. The maximum atomic E-state index is 13.2. The number of nitro groups is 2. The number of benzene rings is 2. The number of rotatable bonds is 20. The summed E-state index contributed by atoms with van der Waals surface area (Å²) in [6.07, 6.45) is 2.23. The number of hydrogen-bond donors (Lipinski definition) is 3. The van der Waals surface area contributed by atoms with E-state index in [9.17, 15) is 44.2 Å². The molecule has 0 bridgehead atoms. The average molecular weight is 685 g/mol. The van der Waals surface area contributed by atoms with Gasteiger partial charge in [0, 0.05) is 32.1 Å². The third-order valence-corrected chi connectivity index (χ3v) is 7.63. The van der Waals surface area contributed by atoms with Crippen molar-refractivity contribution in [3.05, 3.63) is 67.8 Å². The van der Waals surface area contributed by atoms with Gasteiger partial charge < -0.3 is 24.8 Å². The third kappa shape index (κ3) is 9.84. The number of amides is 5. The SMILES string of the molecule is O=C1CCC(N2C(=O)c3cccc(NC(=O)CCCCCOCCOCCOCCNc4ccc([N+](=O)[O-])cc4[N+](=O)[O-])c3C2=O)C(=O)N1. The molecule has 0 saturated carbocycles. The molecule has 1 atom stereocenters. The minimum atomic E-state index is -1.09. The maximum absolute atomic E-state index is 13.2. The highest BCUT2D eigenvalue weighted by molar-refractivity contribution is 6.26. The van der Waals surface area contributed by atoms with Gasteiger partial charge in [0.1, 0.15) is 11.7 Å². The van der Waals surface area contributed by atoms with E-state index in [0.29, 0.717) is 52.3 Å². The molecule has 2 heterocycles. The van der Waals surface area contributed by atoms with Gasteiger partial charge >= 0.3 is 0 Å². The molecule has 0 radical (unpaired) electrons. The number of non-ortho nitro benzene ring substituents is 1. The fourth-order valence-electron chi connectivity index (χ4n) is 5.23. The molecule has 2 aliphatic rings. The summed E-state index contributed by atoms with van der Waals surface area (Å²) < 4.78 is 16.4. The van der Waals surface area contributed by atoms with Crippen molar-refractivity contribution in [2.24, 2.45) is 0 Å². The normalized spacial score (nSPS) is 15.6. The van der Waals surface area contributed by atoms with E-state index in [2.05, 4.69) is 16.0 Å². The van der Waals surface area contributed by atoms with Gasteiger partial charge in [-0.1, -0.05) is 12.5 Å². The van der Waals surface area contributed by atoms with Crippen LogP contribution in [0.4, 0.5) is 22.7 Å². The second-order valence-electron chi connectivity index (χ2n) is 11.0. The van der Waals surface area contributed by atoms with E-state index in [0.717, 1.165) is 11.0 Å². The zero-order chi connectivity index (χ0) is 35.3. The highest BCUT2D eigenvalue weighted by Gasteiger charge is 2.45. The lowest BCUT2D eigenvalue weighted by atomic mass is 10.0. The van der Waals surface area contributed by atoms with Gasteiger partial charge in [0.25, 0.3) is 23.2 Å². The molecule has 4 rings (SSSR count). The van der Waals surface area contributed by atoms with Gasteiger partial charge in [-0.25, -0.2) is 0 Å². The molecular formula is C31H36N6O12. The van der Waals surface area contributed by atoms with Gasteiger partial charge in [-0.05, 0) is 37.5 Å². The van der Waals surface area contributed by atoms with Crippen LogP contribution in [0, 0.1) is 20.2 Å². The first-order valence-corrected chi connectivity index (χ1v) is 15.6. The van der Waals surface area contributed by atoms with Gasteiger partial charge in [-0.3, -0.25) is 54.4 Å². The molecule has 18 heteroatoms. The summed E-state index contributed by atoms with van der Waals surface area (Å²) in [5.41, 5.74) is -0.302. The Labute approximate surface area is 279 Å². The standard InChI is InChI=1S/C31H36N6O12/c38-26(33-23-6-4-5-21-28(23)31(42)35(30(21)41)24-10-11-27(39)34-29(24)40)7-2-1-3-13-47-15-17-49-18-16-48-14-12-32-22-9-8-20(36(43)44)19-25(22)37(45)46/h4-6,8-9,19,24,32H,1-3,7,10-18H2,(H,33,38)(H,34,39,40). The number of carbonyl (C=O) groups is 5. The number of ether oxygens (including phenoxy) is 3. The fourth-order valence-corrected chi connectivity index (χ4v) is 5.23. The molecule has 262 valence electrons. The van der Waals surface area contributed by atoms with Crippen LogP contribution in [0.2, 0.25) is 0 Å². The van der Waals surface area contributed by atoms with Crippen LogP contribution in [0.5, 0.6) is 0 Å². The number of carbonyl (C=O) groups excluding carboxylic acids is 5. The Kier molecular flexibility index (Phi) is 13.2. The lowest BCUT2D eigenvalue weighted by molar-refractivity contribution is -0.393. The number of nitro benzene ring substituents is 2. The van der Waals surface area contributed by atoms with E-state index in [1.165, 1.54) is 24.3 Å². The molecule has 49 heavy (non-hydrogen) atoms. The Morgan fingerprint density at radius 3 is 2.27 bits per heavy atom. The topological polar surface area (TPSA) is 239 Å². The van der Waals surface area contributed by atoms with Crippen LogP contribution in [-0.4, -0.2) is 96.5 Å². The molecule has 0 aliphatic carbocycles. The molecule has 2 aliphatic heterocycles. The minimum Gasteiger partial charge on any atom is -0.379 e. The number of nitrogens with one attached hydrogen (secondary N) is 3. The predicted octanol–water partition coefficient (Wildman–Crippen LogP) is 2.56. The lowest BCUT2D eigenvalue weighted by Gasteiger charge is -2.27. The predicted molar refractivity (Wildman–Crippen MR) is 171 cm³/mol. The van der Waals surface area contributed by atoms with E-state index in [4.69, 9.17) is 14.2 Å². The Balaban J connectivity index is 1.02. The van der Waals surface area contributed by atoms with Gasteiger partial charge in [-0.2, -0.15) is 0 Å². The second kappa shape index (κ2) is 17.7. The van der Waals surface area contributed by atoms with E-state index in [-0.39, 0.29) is 66.5 Å². The number of unbranched alkanes of at least 4 members (excludes halogenated alkanes) is 2. The summed E-state index contributed by atoms with van der Waals surface area (Å²) in [6.45, 7) is 2.29. The van der Waals surface area contributed by atoms with Crippen molar-refractivity contribution in [3.63, 3.8) is 0 Å². The van der Waals surface area contributed by atoms with Crippen molar-refractivity contribution in [1.82, 2.24) is 10.2 Å². The number of fused-ring (bicyclic) bond motifs is 1. The largest absolute Gasteiger partial charge is 0.379 e. The van der Waals surface area contributed by atoms with Crippen molar-refractivity contribution in [3.8, 4) is 0 Å². The van der Waals surface area contributed by atoms with Crippen LogP contribution in [0.15, 0.2) is 36.4 Å². The zero-order valence-electron chi connectivity index (χ0n) is 26.5. The van der Waals surface area contributed by atoms with Gasteiger partial charge in [-0.15, -0.1) is 0 Å². The Bertz CT molecular complexity index is 1600. The molecule has 0 aromatic heterocycles. The first-order valence-electron chi connectivity index (χ1n) is 15.6. The molecule has 18 nitrogen and oxygen atoms in total. The van der Waals surface area contributed by atoms with Crippen molar-refractivity contribution in [2.75, 3.05) is 56.8 Å². The number of nitrogens with zero attached hydrogens (tertiary/aromatic N) is 3. The molecular weight excluding hydrogens is 648 g/mol. The van der Waals surface area contributed by atoms with Crippen LogP contribution in [-0.2, 0) is 28.6 Å². The van der Waals surface area contributed by atoms with Crippen LogP contribution >= 0.6 is 0 Å². The summed E-state index contributed by atoms with van der Waals surface area (Å²) in [5, 5.41) is 29.7. The quantitative estimate of drug-likeness (QED) is 0.0787. The van der Waals surface area contributed by atoms with Gasteiger partial charge in [0.2, 0.25) is 17.7 Å². The van der Waals surface area contributed by atoms with Crippen LogP contribution in [0.1, 0.15) is 59.2 Å². The minimum absolute atomic E-state index is 0.0112. The Morgan fingerprint density at radius 2 is 1.57 bits per heavy atom. The molecule has 5 amide bonds. The summed E-state index contributed by atoms with van der Waals surface area (Å²) in [5.74, 6) is -2.83. The number of anilines is 2. The summed E-state index contributed by atoms with van der Waals surface area (Å²) in [7, 11) is 0. The molecule has 3 N–H and O–H groups in total. The van der Waals surface area contributed by atoms with Crippen LogP contribution < -0.4 is 16.0 Å². The van der Waals surface area contributed by atoms with Crippen molar-refractivity contribution >= 4 is 52.3 Å². The molecule has 1 saturated heterocycles. The summed E-state index contributed by atoms with van der Waals surface area (Å²) in [4.78, 5) is 83.9. The molecule has 2 aromatic rings. The monoisotopic (exact) mass is 684 g/mol. The lowest BCUT2D eigenvalue weighted by Crippen LogP contribution is -2.54. The average Bonchev–Trinajstić information content (AvgIpc) is 3.32. The van der Waals surface area contributed by atoms with Crippen molar-refractivity contribution in [1.29, 1.82) is 0 Å². The second-order valence-corrected chi connectivity index (χ2v) is 11.0. The number of hydrogen-bond acceptors (Lipinski definition) is 13. The third-order valence-electron chi connectivity index (χ3n) is 7.63. The Morgan fingerprint density at radius 1 is 0.857 bits per heavy atom. The zero-order valence-corrected chi connectivity index (χ0v) is 26.5. The van der Waals surface area contributed by atoms with E-state index in [1.54, 1.807) is 6.07 Å². The molecule has 1 unspecified atom stereocenters. The van der Waals surface area contributed by atoms with Crippen molar-refractivity contribution < 1.29 is 48.0 Å². The van der Waals surface area contributed by atoms with E-state index >= 15 is 0 Å². The summed E-state index contributed by atoms with van der Waals surface area (Å²) in [6, 6.07) is 6.80. The van der Waals surface area contributed by atoms with Gasteiger partial charge in [0.05, 0.1) is 65.8 Å². The van der Waals surface area contributed by atoms with Crippen molar-refractivity contribution in [2.45, 2.75) is 44.6 Å². The highest BCUT2D eigenvalue weighted by Crippen LogP contribution is 2.32. The van der Waals surface area contributed by atoms with Crippen LogP contribution in [0.25, 0.3) is 0 Å². The number of piperidine rings is 1. The van der Waals surface area contributed by atoms with E-state index < -0.39 is 45.2 Å². The van der Waals surface area contributed by atoms with E-state index in [1.807, 2.05) is 0 Å². The summed E-state index contributed by atoms with van der Waals surface area (Å²) >= 11 is 0. The molecule has 2 aromatic carbocycles. The first kappa shape index (κ1) is 36.5. The van der Waals surface area contributed by atoms with Crippen LogP contribution in [0.3, 0.4) is 0 Å². The van der Waals surface area contributed by atoms with Gasteiger partial charge in [0.15, 0.2) is 0 Å². The maximum Gasteiger partial charge on any atom is 0.299 e. The highest BCUT2D eigenvalue weighted by atomic mass is 16.6. The molecule has 0 spiro atoms. The molecule has 1 fully saturated rings. The first-order chi connectivity index (χ1) is 23.6. The Hall–Kier alpha value is -5.33. The smallest absolute Gasteiger partial charge is 0.299 e. The fraction of sp³-hybridized carbons (Fsp3) is 0.452.